The summed E-state index contributed by atoms with van der Waals surface area (Å²) in [6.45, 7) is 4.80. The molecule has 1 heterocycles. The van der Waals surface area contributed by atoms with Crippen LogP contribution in [0.25, 0.3) is 11.3 Å². The van der Waals surface area contributed by atoms with Crippen molar-refractivity contribution in [3.8, 4) is 11.3 Å². The average Bonchev–Trinajstić information content (AvgIpc) is 3.03. The lowest BCUT2D eigenvalue weighted by atomic mass is 10.0. The van der Waals surface area contributed by atoms with Crippen LogP contribution in [0.5, 0.6) is 0 Å². The van der Waals surface area contributed by atoms with Crippen molar-refractivity contribution in [2.75, 3.05) is 13.6 Å². The molecule has 0 bridgehead atoms. The summed E-state index contributed by atoms with van der Waals surface area (Å²) in [6.07, 6.45) is 2.28. The second-order valence-corrected chi connectivity index (χ2v) is 6.64. The number of amides is 1. The topological polar surface area (TPSA) is 72.4 Å². The van der Waals surface area contributed by atoms with Crippen molar-refractivity contribution in [2.24, 2.45) is 11.7 Å². The lowest BCUT2D eigenvalue weighted by molar-refractivity contribution is -0.131. The third-order valence-corrected chi connectivity index (χ3v) is 3.96. The molecular weight excluding hydrogens is 338 g/mol. The van der Waals surface area contributed by atoms with Gasteiger partial charge in [0.15, 0.2) is 0 Å². The summed E-state index contributed by atoms with van der Waals surface area (Å²) >= 11 is 0. The molecule has 0 saturated carbocycles. The molecule has 5 nitrogen and oxygen atoms in total. The summed E-state index contributed by atoms with van der Waals surface area (Å²) in [5.74, 6) is 1.26. The summed E-state index contributed by atoms with van der Waals surface area (Å²) < 4.78 is 5.38. The molecule has 0 unspecified atom stereocenters. The van der Waals surface area contributed by atoms with Crippen molar-refractivity contribution < 1.29 is 9.32 Å². The van der Waals surface area contributed by atoms with E-state index >= 15 is 0 Å². The number of rotatable bonds is 8. The molecule has 2 rings (SSSR count). The number of carbonyl (C=O) groups is 1. The molecule has 0 saturated heterocycles. The van der Waals surface area contributed by atoms with Gasteiger partial charge in [0.2, 0.25) is 5.91 Å². The maximum Gasteiger partial charge on any atom is 0.239 e. The molecule has 1 amide bonds. The summed E-state index contributed by atoms with van der Waals surface area (Å²) in [5.41, 5.74) is 7.83. The number of aromatic nitrogens is 1. The zero-order valence-corrected chi connectivity index (χ0v) is 16.0. The fourth-order valence-corrected chi connectivity index (χ4v) is 2.67. The van der Waals surface area contributed by atoms with E-state index in [1.807, 2.05) is 36.4 Å². The number of benzene rings is 1. The second-order valence-electron chi connectivity index (χ2n) is 6.64. The molecular formula is C19H28ClN3O2. The maximum atomic E-state index is 12.2. The highest BCUT2D eigenvalue weighted by molar-refractivity contribution is 5.85. The number of hydrogen-bond donors (Lipinski definition) is 1. The van der Waals surface area contributed by atoms with Crippen LogP contribution in [-0.4, -0.2) is 35.6 Å². The normalized spacial score (nSPS) is 11.9. The van der Waals surface area contributed by atoms with Gasteiger partial charge in [-0.1, -0.05) is 49.3 Å². The van der Waals surface area contributed by atoms with Crippen molar-refractivity contribution in [2.45, 2.75) is 39.2 Å². The average molecular weight is 366 g/mol. The number of hydrogen-bond acceptors (Lipinski definition) is 4. The fourth-order valence-electron chi connectivity index (χ4n) is 2.67. The summed E-state index contributed by atoms with van der Waals surface area (Å²) in [5, 5.41) is 4.10. The molecule has 2 N–H and O–H groups in total. The first-order valence-electron chi connectivity index (χ1n) is 8.49. The van der Waals surface area contributed by atoms with Crippen molar-refractivity contribution in [3.05, 3.63) is 42.2 Å². The largest absolute Gasteiger partial charge is 0.361 e. The minimum absolute atomic E-state index is 0. The first kappa shape index (κ1) is 21.2. The highest BCUT2D eigenvalue weighted by atomic mass is 35.5. The van der Waals surface area contributed by atoms with Gasteiger partial charge < -0.3 is 15.2 Å². The van der Waals surface area contributed by atoms with E-state index in [9.17, 15) is 4.79 Å². The van der Waals surface area contributed by atoms with Crippen molar-refractivity contribution in [3.63, 3.8) is 0 Å². The van der Waals surface area contributed by atoms with Crippen LogP contribution in [-0.2, 0) is 11.2 Å². The smallest absolute Gasteiger partial charge is 0.239 e. The number of carbonyl (C=O) groups excluding carboxylic acids is 1. The zero-order chi connectivity index (χ0) is 17.5. The number of nitrogens with two attached hydrogens (primary N) is 1. The van der Waals surface area contributed by atoms with E-state index in [-0.39, 0.29) is 18.3 Å². The summed E-state index contributed by atoms with van der Waals surface area (Å²) in [7, 11) is 1.80. The van der Waals surface area contributed by atoms with E-state index in [1.54, 1.807) is 11.9 Å². The van der Waals surface area contributed by atoms with Gasteiger partial charge in [0.05, 0.1) is 6.04 Å². The van der Waals surface area contributed by atoms with Gasteiger partial charge in [-0.05, 0) is 18.8 Å². The Morgan fingerprint density at radius 1 is 1.28 bits per heavy atom. The van der Waals surface area contributed by atoms with Gasteiger partial charge in [0.25, 0.3) is 0 Å². The van der Waals surface area contributed by atoms with Gasteiger partial charge in [-0.2, -0.15) is 0 Å². The lowest BCUT2D eigenvalue weighted by Gasteiger charge is -2.22. The van der Waals surface area contributed by atoms with E-state index in [1.165, 1.54) is 0 Å². The Hall–Kier alpha value is -1.85. The van der Waals surface area contributed by atoms with Gasteiger partial charge in [0.1, 0.15) is 11.5 Å². The highest BCUT2D eigenvalue weighted by Crippen LogP contribution is 2.19. The number of aryl methyl sites for hydroxylation is 1. The molecule has 1 aromatic heterocycles. The minimum Gasteiger partial charge on any atom is -0.361 e. The van der Waals surface area contributed by atoms with Crippen LogP contribution in [0.4, 0.5) is 0 Å². The predicted molar refractivity (Wildman–Crippen MR) is 103 cm³/mol. The van der Waals surface area contributed by atoms with Crippen LogP contribution in [0.2, 0.25) is 0 Å². The molecule has 0 fully saturated rings. The van der Waals surface area contributed by atoms with Crippen molar-refractivity contribution in [1.29, 1.82) is 0 Å². The van der Waals surface area contributed by atoms with Gasteiger partial charge >= 0.3 is 0 Å². The van der Waals surface area contributed by atoms with Crippen LogP contribution in [0.15, 0.2) is 40.9 Å². The molecule has 0 aliphatic heterocycles. The first-order valence-corrected chi connectivity index (χ1v) is 8.49. The van der Waals surface area contributed by atoms with Crippen LogP contribution in [0.3, 0.4) is 0 Å². The van der Waals surface area contributed by atoms with E-state index < -0.39 is 6.04 Å². The van der Waals surface area contributed by atoms with Crippen LogP contribution in [0.1, 0.15) is 32.4 Å². The highest BCUT2D eigenvalue weighted by Gasteiger charge is 2.18. The van der Waals surface area contributed by atoms with Crippen molar-refractivity contribution in [1.82, 2.24) is 10.1 Å². The molecule has 6 heteroatoms. The third kappa shape index (κ3) is 6.52. The Labute approximate surface area is 156 Å². The van der Waals surface area contributed by atoms with Crippen LogP contribution in [0, 0.1) is 5.92 Å². The van der Waals surface area contributed by atoms with E-state index in [4.69, 9.17) is 10.3 Å². The van der Waals surface area contributed by atoms with E-state index in [2.05, 4.69) is 19.0 Å². The number of halogens is 1. The lowest BCUT2D eigenvalue weighted by Crippen LogP contribution is -2.42. The molecule has 2 aromatic rings. The minimum atomic E-state index is -0.412. The Morgan fingerprint density at radius 2 is 1.96 bits per heavy atom. The molecule has 1 atom stereocenters. The quantitative estimate of drug-likeness (QED) is 0.776. The molecule has 25 heavy (non-hydrogen) atoms. The van der Waals surface area contributed by atoms with Gasteiger partial charge in [-0.15, -0.1) is 12.4 Å². The standard InChI is InChI=1S/C19H27N3O2.ClH/c1-14(2)12-17(20)19(23)22(3)11-7-10-16-13-18(21-24-16)15-8-5-4-6-9-15;/h4-6,8-9,13-14,17H,7,10-12,20H2,1-3H3;1H/t17-;/m0./s1. The Morgan fingerprint density at radius 3 is 2.60 bits per heavy atom. The Bertz CT molecular complexity index is 643. The molecule has 0 aliphatic rings. The van der Waals surface area contributed by atoms with Crippen molar-refractivity contribution >= 4 is 18.3 Å². The predicted octanol–water partition coefficient (Wildman–Crippen LogP) is 3.53. The van der Waals surface area contributed by atoms with E-state index in [0.717, 1.165) is 29.9 Å². The van der Waals surface area contributed by atoms with Gasteiger partial charge in [-0.25, -0.2) is 0 Å². The monoisotopic (exact) mass is 365 g/mol. The second kappa shape index (κ2) is 10.2. The SMILES string of the molecule is CC(C)C[C@H](N)C(=O)N(C)CCCc1cc(-c2ccccc2)no1.Cl. The van der Waals surface area contributed by atoms with Gasteiger partial charge in [-0.3, -0.25) is 4.79 Å². The Kier molecular flexibility index (Phi) is 8.66. The summed E-state index contributed by atoms with van der Waals surface area (Å²) in [4.78, 5) is 13.9. The fraction of sp³-hybridized carbons (Fsp3) is 0.474. The molecule has 0 aliphatic carbocycles. The zero-order valence-electron chi connectivity index (χ0n) is 15.1. The van der Waals surface area contributed by atoms with Gasteiger partial charge in [0, 0.05) is 31.6 Å². The van der Waals surface area contributed by atoms with Crippen LogP contribution >= 0.6 is 12.4 Å². The number of nitrogens with zero attached hydrogens (tertiary/aromatic N) is 2. The van der Waals surface area contributed by atoms with Crippen LogP contribution < -0.4 is 5.73 Å². The molecule has 138 valence electrons. The van der Waals surface area contributed by atoms with E-state index in [0.29, 0.717) is 18.9 Å². The number of likely N-dealkylation sites (N-methyl/N-ethyl adjacent to an activating group) is 1. The Balaban J connectivity index is 0.00000312. The first-order chi connectivity index (χ1) is 11.5. The molecule has 0 spiro atoms. The molecule has 0 radical (unpaired) electrons. The molecule has 1 aromatic carbocycles. The maximum absolute atomic E-state index is 12.2. The summed E-state index contributed by atoms with van der Waals surface area (Å²) in [6, 6.07) is 11.5. The third-order valence-electron chi connectivity index (χ3n) is 3.96.